The van der Waals surface area contributed by atoms with Crippen LogP contribution < -0.4 is 5.32 Å². The van der Waals surface area contributed by atoms with E-state index in [1.54, 1.807) is 0 Å². The number of nitrogens with zero attached hydrogens (tertiary/aromatic N) is 3. The average Bonchev–Trinajstić information content (AvgIpc) is 3.21. The molecule has 1 unspecified atom stereocenters. The Morgan fingerprint density at radius 2 is 1.56 bits per heavy atom. The van der Waals surface area contributed by atoms with Crippen LogP contribution in [0.5, 0.6) is 0 Å². The first-order valence-corrected chi connectivity index (χ1v) is 11.5. The molecule has 5 nitrogen and oxygen atoms in total. The molecule has 0 aliphatic carbocycles. The standard InChI is InChI=1S/C26H26N4OS/c1-19-13-15-22(16-14-19)18-27-25(31)20(2)32-26-29-28-24(17-21-9-5-3-6-10-21)30(26)23-11-7-4-8-12-23/h3-16,20H,17-18H2,1-2H3,(H,27,31). The fourth-order valence-corrected chi connectivity index (χ4v) is 4.27. The van der Waals surface area contributed by atoms with Gasteiger partial charge in [0.2, 0.25) is 5.91 Å². The molecule has 1 N–H and O–H groups in total. The van der Waals surface area contributed by atoms with E-state index in [0.717, 1.165) is 22.6 Å². The Morgan fingerprint density at radius 1 is 0.906 bits per heavy atom. The van der Waals surface area contributed by atoms with Crippen molar-refractivity contribution >= 4 is 17.7 Å². The predicted octanol–water partition coefficient (Wildman–Crippen LogP) is 4.96. The Balaban J connectivity index is 1.50. The summed E-state index contributed by atoms with van der Waals surface area (Å²) in [6.45, 7) is 4.46. The number of carbonyl (C=O) groups excluding carboxylic acids is 1. The molecule has 1 atom stereocenters. The average molecular weight is 443 g/mol. The Hall–Kier alpha value is -3.38. The van der Waals surface area contributed by atoms with Gasteiger partial charge in [-0.3, -0.25) is 9.36 Å². The third kappa shape index (κ3) is 5.45. The maximum absolute atomic E-state index is 12.7. The predicted molar refractivity (Wildman–Crippen MR) is 129 cm³/mol. The highest BCUT2D eigenvalue weighted by molar-refractivity contribution is 8.00. The molecule has 0 radical (unpaired) electrons. The number of rotatable bonds is 8. The number of nitrogens with one attached hydrogen (secondary N) is 1. The van der Waals surface area contributed by atoms with E-state index in [0.29, 0.717) is 18.1 Å². The second-order valence-corrected chi connectivity index (χ2v) is 9.00. The van der Waals surface area contributed by atoms with Gasteiger partial charge in [0.25, 0.3) is 0 Å². The van der Waals surface area contributed by atoms with E-state index in [1.807, 2.05) is 72.2 Å². The van der Waals surface area contributed by atoms with Crippen molar-refractivity contribution in [3.05, 3.63) is 107 Å². The summed E-state index contributed by atoms with van der Waals surface area (Å²) in [6, 6.07) is 28.4. The lowest BCUT2D eigenvalue weighted by Crippen LogP contribution is -2.30. The number of amides is 1. The quantitative estimate of drug-likeness (QED) is 0.392. The summed E-state index contributed by atoms with van der Waals surface area (Å²) >= 11 is 1.42. The number of aryl methyl sites for hydroxylation is 1. The van der Waals surface area contributed by atoms with Gasteiger partial charge in [0.15, 0.2) is 5.16 Å². The molecule has 162 valence electrons. The number of carbonyl (C=O) groups is 1. The van der Waals surface area contributed by atoms with Crippen LogP contribution in [0.4, 0.5) is 0 Å². The van der Waals surface area contributed by atoms with Crippen LogP contribution in [-0.2, 0) is 17.8 Å². The van der Waals surface area contributed by atoms with E-state index in [-0.39, 0.29) is 11.2 Å². The van der Waals surface area contributed by atoms with Crippen molar-refractivity contribution in [1.29, 1.82) is 0 Å². The first-order chi connectivity index (χ1) is 15.6. The van der Waals surface area contributed by atoms with Crippen LogP contribution in [0.1, 0.15) is 29.4 Å². The normalized spacial score (nSPS) is 11.8. The van der Waals surface area contributed by atoms with Crippen LogP contribution in [0.15, 0.2) is 90.1 Å². The summed E-state index contributed by atoms with van der Waals surface area (Å²) in [5.74, 6) is 0.819. The zero-order valence-electron chi connectivity index (χ0n) is 18.2. The van der Waals surface area contributed by atoms with E-state index in [9.17, 15) is 4.79 Å². The summed E-state index contributed by atoms with van der Waals surface area (Å²) in [5.41, 5.74) is 4.44. The monoisotopic (exact) mass is 442 g/mol. The second kappa shape index (κ2) is 10.3. The molecule has 6 heteroatoms. The molecular weight excluding hydrogens is 416 g/mol. The molecule has 4 aromatic rings. The molecular formula is C26H26N4OS. The minimum atomic E-state index is -0.309. The summed E-state index contributed by atoms with van der Waals surface area (Å²) in [6.07, 6.45) is 0.664. The van der Waals surface area contributed by atoms with Crippen LogP contribution in [0.2, 0.25) is 0 Å². The van der Waals surface area contributed by atoms with E-state index >= 15 is 0 Å². The van der Waals surface area contributed by atoms with Crippen molar-refractivity contribution in [1.82, 2.24) is 20.1 Å². The summed E-state index contributed by atoms with van der Waals surface area (Å²) < 4.78 is 2.04. The van der Waals surface area contributed by atoms with Gasteiger partial charge in [0.05, 0.1) is 5.25 Å². The Labute approximate surface area is 192 Å². The van der Waals surface area contributed by atoms with Gasteiger partial charge in [0, 0.05) is 18.7 Å². The number of aromatic nitrogens is 3. The minimum absolute atomic E-state index is 0.0252. The smallest absolute Gasteiger partial charge is 0.233 e. The van der Waals surface area contributed by atoms with Crippen molar-refractivity contribution in [2.75, 3.05) is 0 Å². The van der Waals surface area contributed by atoms with Crippen molar-refractivity contribution in [2.45, 2.75) is 37.2 Å². The van der Waals surface area contributed by atoms with Crippen molar-refractivity contribution in [2.24, 2.45) is 0 Å². The molecule has 0 spiro atoms. The van der Waals surface area contributed by atoms with Crippen LogP contribution in [0.3, 0.4) is 0 Å². The Kier molecular flexibility index (Phi) is 7.02. The lowest BCUT2D eigenvalue weighted by atomic mass is 10.1. The summed E-state index contributed by atoms with van der Waals surface area (Å²) in [4.78, 5) is 12.7. The molecule has 0 saturated heterocycles. The molecule has 0 aliphatic rings. The lowest BCUT2D eigenvalue weighted by Gasteiger charge is -2.14. The third-order valence-electron chi connectivity index (χ3n) is 5.16. The van der Waals surface area contributed by atoms with Gasteiger partial charge in [-0.2, -0.15) is 0 Å². The molecule has 4 rings (SSSR count). The maximum atomic E-state index is 12.7. The number of hydrogen-bond acceptors (Lipinski definition) is 4. The zero-order valence-corrected chi connectivity index (χ0v) is 19.0. The van der Waals surface area contributed by atoms with Crippen LogP contribution in [0.25, 0.3) is 5.69 Å². The first-order valence-electron chi connectivity index (χ1n) is 10.6. The maximum Gasteiger partial charge on any atom is 0.233 e. The van der Waals surface area contributed by atoms with E-state index < -0.39 is 0 Å². The third-order valence-corrected chi connectivity index (χ3v) is 6.20. The highest BCUT2D eigenvalue weighted by atomic mass is 32.2. The fraction of sp³-hybridized carbons (Fsp3) is 0.192. The number of para-hydroxylation sites is 1. The van der Waals surface area contributed by atoms with Crippen molar-refractivity contribution in [3.63, 3.8) is 0 Å². The Morgan fingerprint density at radius 3 is 2.25 bits per heavy atom. The largest absolute Gasteiger partial charge is 0.351 e. The minimum Gasteiger partial charge on any atom is -0.351 e. The van der Waals surface area contributed by atoms with Gasteiger partial charge in [-0.15, -0.1) is 10.2 Å². The molecule has 1 heterocycles. The SMILES string of the molecule is Cc1ccc(CNC(=O)C(C)Sc2nnc(Cc3ccccc3)n2-c2ccccc2)cc1. The second-order valence-electron chi connectivity index (χ2n) is 7.70. The molecule has 32 heavy (non-hydrogen) atoms. The van der Waals surface area contributed by atoms with Crippen LogP contribution >= 0.6 is 11.8 Å². The highest BCUT2D eigenvalue weighted by Gasteiger charge is 2.21. The van der Waals surface area contributed by atoms with Gasteiger partial charge < -0.3 is 5.32 Å². The fourth-order valence-electron chi connectivity index (χ4n) is 3.36. The topological polar surface area (TPSA) is 59.8 Å². The number of thioether (sulfide) groups is 1. The summed E-state index contributed by atoms with van der Waals surface area (Å²) in [7, 11) is 0. The molecule has 0 bridgehead atoms. The molecule has 3 aromatic carbocycles. The lowest BCUT2D eigenvalue weighted by molar-refractivity contribution is -0.120. The first kappa shape index (κ1) is 21.8. The van der Waals surface area contributed by atoms with Crippen LogP contribution in [-0.4, -0.2) is 25.9 Å². The molecule has 1 aromatic heterocycles. The van der Waals surface area contributed by atoms with Gasteiger partial charge in [0.1, 0.15) is 5.82 Å². The van der Waals surface area contributed by atoms with E-state index in [1.165, 1.54) is 17.3 Å². The molecule has 0 saturated carbocycles. The van der Waals surface area contributed by atoms with E-state index in [2.05, 4.69) is 46.7 Å². The molecule has 0 aliphatic heterocycles. The van der Waals surface area contributed by atoms with Gasteiger partial charge >= 0.3 is 0 Å². The highest BCUT2D eigenvalue weighted by Crippen LogP contribution is 2.27. The zero-order chi connectivity index (χ0) is 22.3. The summed E-state index contributed by atoms with van der Waals surface area (Å²) in [5, 5.41) is 12.3. The van der Waals surface area contributed by atoms with Gasteiger partial charge in [-0.1, -0.05) is 90.1 Å². The van der Waals surface area contributed by atoms with Crippen LogP contribution in [0, 0.1) is 6.92 Å². The Bertz CT molecular complexity index is 1160. The van der Waals surface area contributed by atoms with Gasteiger partial charge in [-0.05, 0) is 37.1 Å². The molecule has 1 amide bonds. The van der Waals surface area contributed by atoms with Crippen molar-refractivity contribution < 1.29 is 4.79 Å². The van der Waals surface area contributed by atoms with E-state index in [4.69, 9.17) is 0 Å². The number of hydrogen-bond donors (Lipinski definition) is 1. The van der Waals surface area contributed by atoms with Crippen molar-refractivity contribution in [3.8, 4) is 5.69 Å². The van der Waals surface area contributed by atoms with Gasteiger partial charge in [-0.25, -0.2) is 0 Å². The number of benzene rings is 3. The molecule has 0 fully saturated rings.